The highest BCUT2D eigenvalue weighted by Crippen LogP contribution is 2.47. The van der Waals surface area contributed by atoms with E-state index in [0.717, 1.165) is 11.1 Å². The smallest absolute Gasteiger partial charge is 0.304 e. The third-order valence-corrected chi connectivity index (χ3v) is 6.83. The number of benzene rings is 2. The Labute approximate surface area is 216 Å². The van der Waals surface area contributed by atoms with Gasteiger partial charge < -0.3 is 19.8 Å². The molecule has 0 aromatic heterocycles. The van der Waals surface area contributed by atoms with Crippen LogP contribution in [0.5, 0.6) is 0 Å². The van der Waals surface area contributed by atoms with Gasteiger partial charge in [-0.1, -0.05) is 47.5 Å². The molecule has 1 aliphatic heterocycles. The lowest BCUT2D eigenvalue weighted by Gasteiger charge is -2.47. The number of ether oxygens (including phenoxy) is 1. The number of aliphatic carboxylic acids is 1. The first kappa shape index (κ1) is 27.5. The van der Waals surface area contributed by atoms with Crippen molar-refractivity contribution in [1.82, 2.24) is 4.90 Å². The third kappa shape index (κ3) is 7.43. The molecule has 1 heterocycles. The molecule has 2 aromatic carbocycles. The van der Waals surface area contributed by atoms with E-state index < -0.39 is 17.5 Å². The van der Waals surface area contributed by atoms with Gasteiger partial charge in [0.2, 0.25) is 5.91 Å². The van der Waals surface area contributed by atoms with Gasteiger partial charge in [-0.2, -0.15) is 0 Å². The van der Waals surface area contributed by atoms with Crippen molar-refractivity contribution >= 4 is 35.1 Å². The zero-order valence-corrected chi connectivity index (χ0v) is 21.8. The van der Waals surface area contributed by atoms with E-state index in [2.05, 4.69) is 0 Å². The topological polar surface area (TPSA) is 87.1 Å². The molecular weight excluding hydrogens is 489 g/mol. The van der Waals surface area contributed by atoms with Crippen LogP contribution in [-0.2, 0) is 14.3 Å². The fraction of sp³-hybridized carbons (Fsp3) is 0.481. The van der Waals surface area contributed by atoms with E-state index in [4.69, 9.17) is 27.9 Å². The molecule has 35 heavy (non-hydrogen) atoms. The Morgan fingerprint density at radius 3 is 2.43 bits per heavy atom. The van der Waals surface area contributed by atoms with E-state index in [0.29, 0.717) is 29.5 Å². The maximum atomic E-state index is 13.7. The summed E-state index contributed by atoms with van der Waals surface area (Å²) in [7, 11) is 0. The monoisotopic (exact) mass is 521 g/mol. The molecule has 1 aliphatic rings. The molecular formula is C27H33Cl2NO5. The van der Waals surface area contributed by atoms with Crippen LogP contribution < -0.4 is 0 Å². The number of carboxylic acid groups (broad SMARTS) is 1. The van der Waals surface area contributed by atoms with Crippen LogP contribution in [0.1, 0.15) is 63.1 Å². The Bertz CT molecular complexity index is 1020. The van der Waals surface area contributed by atoms with Crippen molar-refractivity contribution in [1.29, 1.82) is 0 Å². The molecule has 0 saturated carbocycles. The second-order valence-corrected chi connectivity index (χ2v) is 10.8. The minimum Gasteiger partial charge on any atom is -0.481 e. The Hall–Kier alpha value is -2.12. The number of likely N-dealkylation sites (tertiary alicyclic amines) is 1. The van der Waals surface area contributed by atoms with Gasteiger partial charge in [0.15, 0.2) is 0 Å². The fourth-order valence-corrected chi connectivity index (χ4v) is 5.10. The van der Waals surface area contributed by atoms with Gasteiger partial charge in [-0.3, -0.25) is 9.59 Å². The molecule has 0 bridgehead atoms. The number of aliphatic hydroxyl groups is 1. The van der Waals surface area contributed by atoms with Crippen LogP contribution in [-0.4, -0.2) is 51.8 Å². The van der Waals surface area contributed by atoms with Crippen molar-refractivity contribution in [2.24, 2.45) is 5.92 Å². The standard InChI is InChI=1S/C27H33Cl2NO5/c1-17(11-12-35-16-27(2,3)34)30-25(18-7-9-21(28)10-8-18)23(19-5-4-6-22(29)13-19)14-20(26(30)33)15-24(31)32/h4-10,13,17,20,23,25,34H,11-12,14-16H2,1-3H3,(H,31,32). The Kier molecular flexibility index (Phi) is 9.22. The zero-order chi connectivity index (χ0) is 25.8. The van der Waals surface area contributed by atoms with Crippen LogP contribution in [0.2, 0.25) is 10.0 Å². The number of rotatable bonds is 10. The molecule has 3 rings (SSSR count). The van der Waals surface area contributed by atoms with Crippen LogP contribution in [0, 0.1) is 5.92 Å². The molecule has 0 spiro atoms. The summed E-state index contributed by atoms with van der Waals surface area (Å²) in [4.78, 5) is 27.2. The number of carbonyl (C=O) groups is 2. The van der Waals surface area contributed by atoms with Gasteiger partial charge in [-0.05, 0) is 69.0 Å². The average Bonchev–Trinajstić information content (AvgIpc) is 2.77. The molecule has 2 aromatic rings. The molecule has 1 fully saturated rings. The molecule has 1 saturated heterocycles. The van der Waals surface area contributed by atoms with E-state index >= 15 is 0 Å². The van der Waals surface area contributed by atoms with Crippen LogP contribution in [0.15, 0.2) is 48.5 Å². The van der Waals surface area contributed by atoms with Gasteiger partial charge in [-0.25, -0.2) is 0 Å². The molecule has 0 radical (unpaired) electrons. The van der Waals surface area contributed by atoms with Crippen molar-refractivity contribution < 1.29 is 24.5 Å². The van der Waals surface area contributed by atoms with Crippen LogP contribution in [0.3, 0.4) is 0 Å². The maximum absolute atomic E-state index is 13.7. The third-order valence-electron chi connectivity index (χ3n) is 6.34. The van der Waals surface area contributed by atoms with Crippen LogP contribution in [0.25, 0.3) is 0 Å². The van der Waals surface area contributed by atoms with Gasteiger partial charge in [0.05, 0.1) is 24.7 Å². The lowest BCUT2D eigenvalue weighted by Crippen LogP contribution is -2.51. The van der Waals surface area contributed by atoms with Crippen molar-refractivity contribution in [2.45, 2.75) is 63.6 Å². The van der Waals surface area contributed by atoms with Gasteiger partial charge in [-0.15, -0.1) is 0 Å². The first-order chi connectivity index (χ1) is 16.5. The lowest BCUT2D eigenvalue weighted by atomic mass is 9.74. The van der Waals surface area contributed by atoms with Crippen LogP contribution in [0.4, 0.5) is 0 Å². The Balaban J connectivity index is 2.00. The predicted molar refractivity (Wildman–Crippen MR) is 137 cm³/mol. The molecule has 4 unspecified atom stereocenters. The second-order valence-electron chi connectivity index (χ2n) is 9.94. The minimum absolute atomic E-state index is 0.156. The summed E-state index contributed by atoms with van der Waals surface area (Å²) in [6, 6.07) is 14.4. The Morgan fingerprint density at radius 1 is 1.14 bits per heavy atom. The predicted octanol–water partition coefficient (Wildman–Crippen LogP) is 5.71. The first-order valence-corrected chi connectivity index (χ1v) is 12.6. The highest BCUT2D eigenvalue weighted by atomic mass is 35.5. The number of halogens is 2. The van der Waals surface area contributed by atoms with Crippen molar-refractivity contribution in [3.05, 3.63) is 69.7 Å². The summed E-state index contributed by atoms with van der Waals surface area (Å²) in [5.41, 5.74) is 0.932. The number of amides is 1. The maximum Gasteiger partial charge on any atom is 0.304 e. The lowest BCUT2D eigenvalue weighted by molar-refractivity contribution is -0.152. The highest BCUT2D eigenvalue weighted by molar-refractivity contribution is 6.30. The molecule has 4 atom stereocenters. The number of nitrogens with zero attached hydrogens (tertiary/aromatic N) is 1. The van der Waals surface area contributed by atoms with E-state index in [1.807, 2.05) is 42.2 Å². The average molecular weight is 522 g/mol. The number of hydrogen-bond donors (Lipinski definition) is 2. The van der Waals surface area contributed by atoms with Gasteiger partial charge >= 0.3 is 5.97 Å². The van der Waals surface area contributed by atoms with Crippen LogP contribution >= 0.6 is 23.2 Å². The quantitative estimate of drug-likeness (QED) is 0.391. The van der Waals surface area contributed by atoms with E-state index in [1.54, 1.807) is 32.0 Å². The molecule has 1 amide bonds. The van der Waals surface area contributed by atoms with Crippen molar-refractivity contribution in [3.8, 4) is 0 Å². The molecule has 8 heteroatoms. The molecule has 6 nitrogen and oxygen atoms in total. The summed E-state index contributed by atoms with van der Waals surface area (Å²) >= 11 is 12.5. The summed E-state index contributed by atoms with van der Waals surface area (Å²) in [6.07, 6.45) is 0.701. The zero-order valence-electron chi connectivity index (χ0n) is 20.3. The van der Waals surface area contributed by atoms with E-state index in [9.17, 15) is 19.8 Å². The second kappa shape index (κ2) is 11.7. The normalized spacial score (nSPS) is 21.7. The Morgan fingerprint density at radius 2 is 1.83 bits per heavy atom. The number of hydrogen-bond acceptors (Lipinski definition) is 4. The fourth-order valence-electron chi connectivity index (χ4n) is 4.77. The summed E-state index contributed by atoms with van der Waals surface area (Å²) < 4.78 is 5.65. The minimum atomic E-state index is -1.00. The van der Waals surface area contributed by atoms with E-state index in [-0.39, 0.29) is 36.9 Å². The molecule has 0 aliphatic carbocycles. The van der Waals surface area contributed by atoms with Gasteiger partial charge in [0, 0.05) is 34.5 Å². The highest BCUT2D eigenvalue weighted by Gasteiger charge is 2.45. The largest absolute Gasteiger partial charge is 0.481 e. The first-order valence-electron chi connectivity index (χ1n) is 11.8. The number of piperidine rings is 1. The van der Waals surface area contributed by atoms with Crippen molar-refractivity contribution in [3.63, 3.8) is 0 Å². The van der Waals surface area contributed by atoms with Gasteiger partial charge in [0.1, 0.15) is 0 Å². The summed E-state index contributed by atoms with van der Waals surface area (Å²) in [5, 5.41) is 20.6. The molecule has 190 valence electrons. The summed E-state index contributed by atoms with van der Waals surface area (Å²) in [6.45, 7) is 5.84. The number of carbonyl (C=O) groups excluding carboxylic acids is 1. The van der Waals surface area contributed by atoms with Crippen molar-refractivity contribution in [2.75, 3.05) is 13.2 Å². The van der Waals surface area contributed by atoms with E-state index in [1.165, 1.54) is 0 Å². The summed E-state index contributed by atoms with van der Waals surface area (Å²) in [5.74, 6) is -1.99. The molecule has 2 N–H and O–H groups in total. The van der Waals surface area contributed by atoms with Gasteiger partial charge in [0.25, 0.3) is 0 Å². The number of carboxylic acids is 1. The SMILES string of the molecule is CC(CCOCC(C)(C)O)N1C(=O)C(CC(=O)O)CC(c2cccc(Cl)c2)C1c1ccc(Cl)cc1.